The predicted octanol–water partition coefficient (Wildman–Crippen LogP) is 2.29. The van der Waals surface area contributed by atoms with Gasteiger partial charge in [0.1, 0.15) is 4.83 Å². The highest BCUT2D eigenvalue weighted by Gasteiger charge is 2.32. The molecule has 1 saturated carbocycles. The smallest absolute Gasteiger partial charge is 0.233 e. The number of likely N-dealkylation sites (tertiary alicyclic amines) is 1. The summed E-state index contributed by atoms with van der Waals surface area (Å²) in [5.74, 6) is 0.682. The minimum absolute atomic E-state index is 0.0467. The summed E-state index contributed by atoms with van der Waals surface area (Å²) < 4.78 is 2.12. The number of hydrogen-bond donors (Lipinski definition) is 2. The van der Waals surface area contributed by atoms with E-state index in [1.54, 1.807) is 11.1 Å². The highest BCUT2D eigenvalue weighted by Crippen LogP contribution is 2.45. The number of carbonyl (C=O) groups excluding carboxylic acids is 2. The molecule has 1 saturated heterocycles. The third kappa shape index (κ3) is 3.87. The van der Waals surface area contributed by atoms with Crippen molar-refractivity contribution in [3.63, 3.8) is 0 Å². The number of carbonyl (C=O) groups is 2. The minimum Gasteiger partial charge on any atom is -0.397 e. The van der Waals surface area contributed by atoms with Crippen molar-refractivity contribution in [2.45, 2.75) is 36.9 Å². The van der Waals surface area contributed by atoms with Gasteiger partial charge in [0.05, 0.1) is 16.3 Å². The Morgan fingerprint density at radius 3 is 2.65 bits per heavy atom. The van der Waals surface area contributed by atoms with Crippen LogP contribution in [0.1, 0.15) is 31.7 Å². The maximum atomic E-state index is 12.7. The van der Waals surface area contributed by atoms with Crippen LogP contribution in [0.25, 0.3) is 20.9 Å². The van der Waals surface area contributed by atoms with Gasteiger partial charge in [0.15, 0.2) is 11.0 Å². The highest BCUT2D eigenvalue weighted by atomic mass is 32.2. The average Bonchev–Trinajstić information content (AvgIpc) is 3.45. The van der Waals surface area contributed by atoms with E-state index in [0.717, 1.165) is 38.9 Å². The molecule has 3 aromatic heterocycles. The largest absolute Gasteiger partial charge is 0.397 e. The number of rotatable bonds is 6. The van der Waals surface area contributed by atoms with Crippen LogP contribution in [0.2, 0.25) is 0 Å². The highest BCUT2D eigenvalue weighted by molar-refractivity contribution is 7.99. The molecule has 0 atom stereocenters. The molecule has 162 valence electrons. The number of piperidine rings is 1. The second-order valence-electron chi connectivity index (χ2n) is 7.95. The summed E-state index contributed by atoms with van der Waals surface area (Å²) in [7, 11) is 0. The van der Waals surface area contributed by atoms with Crippen LogP contribution in [0.3, 0.4) is 0 Å². The number of primary amides is 1. The van der Waals surface area contributed by atoms with E-state index in [1.807, 2.05) is 12.1 Å². The van der Waals surface area contributed by atoms with Crippen molar-refractivity contribution in [3.05, 3.63) is 18.3 Å². The topological polar surface area (TPSA) is 133 Å². The van der Waals surface area contributed by atoms with Crippen molar-refractivity contribution in [2.75, 3.05) is 24.6 Å². The van der Waals surface area contributed by atoms with Gasteiger partial charge in [-0.2, -0.15) is 0 Å². The molecule has 0 bridgehead atoms. The molecule has 4 N–H and O–H groups in total. The Kier molecular flexibility index (Phi) is 5.30. The maximum Gasteiger partial charge on any atom is 0.233 e. The molecule has 11 heteroatoms. The third-order valence-corrected chi connectivity index (χ3v) is 7.91. The lowest BCUT2D eigenvalue weighted by atomic mass is 9.96. The lowest BCUT2D eigenvalue weighted by Gasteiger charge is -2.30. The number of nitrogens with zero attached hydrogens (tertiary/aromatic N) is 5. The zero-order chi connectivity index (χ0) is 21.5. The Hall–Kier alpha value is -2.66. The van der Waals surface area contributed by atoms with E-state index in [-0.39, 0.29) is 23.5 Å². The maximum absolute atomic E-state index is 12.7. The fourth-order valence-corrected chi connectivity index (χ4v) is 5.89. The van der Waals surface area contributed by atoms with Gasteiger partial charge in [0.2, 0.25) is 11.8 Å². The number of amides is 2. The van der Waals surface area contributed by atoms with E-state index in [2.05, 4.69) is 19.7 Å². The van der Waals surface area contributed by atoms with E-state index >= 15 is 0 Å². The van der Waals surface area contributed by atoms with Gasteiger partial charge in [0, 0.05) is 36.6 Å². The van der Waals surface area contributed by atoms with Gasteiger partial charge in [-0.15, -0.1) is 21.5 Å². The van der Waals surface area contributed by atoms with E-state index in [1.165, 1.54) is 23.1 Å². The van der Waals surface area contributed by atoms with Crippen LogP contribution in [0.15, 0.2) is 23.5 Å². The lowest BCUT2D eigenvalue weighted by molar-refractivity contribution is -0.132. The van der Waals surface area contributed by atoms with Crippen molar-refractivity contribution in [1.29, 1.82) is 0 Å². The standard InChI is InChI=1S/C20H23N7O2S2/c21-15-13-2-1-7-23-19(13)31-16(15)18-24-25-20(27(18)12-3-4-12)30-10-14(28)26-8-5-11(6-9-26)17(22)29/h1-2,7,11-12H,3-6,8-10,21H2,(H2,22,29). The van der Waals surface area contributed by atoms with Crippen molar-refractivity contribution in [2.24, 2.45) is 11.7 Å². The van der Waals surface area contributed by atoms with Gasteiger partial charge >= 0.3 is 0 Å². The fraction of sp³-hybridized carbons (Fsp3) is 0.450. The molecule has 0 radical (unpaired) electrons. The molecular weight excluding hydrogens is 434 g/mol. The van der Waals surface area contributed by atoms with Crippen LogP contribution in [-0.2, 0) is 9.59 Å². The molecule has 0 unspecified atom stereocenters. The second-order valence-corrected chi connectivity index (χ2v) is 9.90. The molecule has 1 aliphatic heterocycles. The van der Waals surface area contributed by atoms with Crippen molar-refractivity contribution in [3.8, 4) is 10.7 Å². The molecular formula is C20H23N7O2S2. The first kappa shape index (κ1) is 20.3. The average molecular weight is 458 g/mol. The van der Waals surface area contributed by atoms with Gasteiger partial charge in [-0.25, -0.2) is 4.98 Å². The van der Waals surface area contributed by atoms with Crippen LogP contribution in [0, 0.1) is 5.92 Å². The van der Waals surface area contributed by atoms with Crippen molar-refractivity contribution < 1.29 is 9.59 Å². The summed E-state index contributed by atoms with van der Waals surface area (Å²) in [5.41, 5.74) is 12.5. The van der Waals surface area contributed by atoms with E-state index in [0.29, 0.717) is 37.7 Å². The van der Waals surface area contributed by atoms with E-state index in [4.69, 9.17) is 11.5 Å². The molecule has 4 heterocycles. The Morgan fingerprint density at radius 1 is 1.19 bits per heavy atom. The number of anilines is 1. The number of nitrogen functional groups attached to an aromatic ring is 1. The molecule has 5 rings (SSSR count). The molecule has 2 fully saturated rings. The van der Waals surface area contributed by atoms with E-state index in [9.17, 15) is 9.59 Å². The number of thiophene rings is 1. The number of aromatic nitrogens is 4. The quantitative estimate of drug-likeness (QED) is 0.543. The Bertz CT molecular complexity index is 1150. The lowest BCUT2D eigenvalue weighted by Crippen LogP contribution is -2.42. The number of thioether (sulfide) groups is 1. The van der Waals surface area contributed by atoms with Crippen LogP contribution in [-0.4, -0.2) is 55.3 Å². The van der Waals surface area contributed by atoms with Crippen LogP contribution < -0.4 is 11.5 Å². The van der Waals surface area contributed by atoms with Crippen LogP contribution in [0.5, 0.6) is 0 Å². The number of hydrogen-bond acceptors (Lipinski definition) is 8. The zero-order valence-corrected chi connectivity index (χ0v) is 18.5. The minimum atomic E-state index is -0.276. The first-order chi connectivity index (χ1) is 15.0. The van der Waals surface area contributed by atoms with E-state index < -0.39 is 0 Å². The monoisotopic (exact) mass is 457 g/mol. The Morgan fingerprint density at radius 2 is 1.97 bits per heavy atom. The first-order valence-electron chi connectivity index (χ1n) is 10.3. The molecule has 0 spiro atoms. The third-order valence-electron chi connectivity index (χ3n) is 5.86. The first-order valence-corrected chi connectivity index (χ1v) is 12.1. The molecule has 1 aliphatic carbocycles. The Labute approximate surface area is 187 Å². The number of pyridine rings is 1. The second kappa shape index (κ2) is 8.12. The van der Waals surface area contributed by atoms with Gasteiger partial charge in [-0.1, -0.05) is 11.8 Å². The summed E-state index contributed by atoms with van der Waals surface area (Å²) in [5, 5.41) is 10.5. The molecule has 3 aromatic rings. The molecule has 31 heavy (non-hydrogen) atoms. The van der Waals surface area contributed by atoms with Gasteiger partial charge in [0.25, 0.3) is 0 Å². The van der Waals surface area contributed by atoms with Crippen LogP contribution >= 0.6 is 23.1 Å². The normalized spacial score (nSPS) is 17.4. The summed E-state index contributed by atoms with van der Waals surface area (Å²) in [6, 6.07) is 4.18. The van der Waals surface area contributed by atoms with Gasteiger partial charge < -0.3 is 16.4 Å². The molecule has 0 aromatic carbocycles. The summed E-state index contributed by atoms with van der Waals surface area (Å²) in [4.78, 5) is 32.0. The van der Waals surface area contributed by atoms with Crippen molar-refractivity contribution in [1.82, 2.24) is 24.6 Å². The predicted molar refractivity (Wildman–Crippen MR) is 121 cm³/mol. The molecule has 2 amide bonds. The molecule has 9 nitrogen and oxygen atoms in total. The van der Waals surface area contributed by atoms with Gasteiger partial charge in [-0.05, 0) is 37.8 Å². The summed E-state index contributed by atoms with van der Waals surface area (Å²) in [6.07, 6.45) is 5.15. The van der Waals surface area contributed by atoms with Crippen LogP contribution in [0.4, 0.5) is 5.69 Å². The molecule has 2 aliphatic rings. The number of nitrogens with two attached hydrogens (primary N) is 2. The summed E-state index contributed by atoms with van der Waals surface area (Å²) >= 11 is 2.92. The Balaban J connectivity index is 1.33. The van der Waals surface area contributed by atoms with Gasteiger partial charge in [-0.3, -0.25) is 14.2 Å². The fourth-order valence-electron chi connectivity index (χ4n) is 3.94. The number of fused-ring (bicyclic) bond motifs is 1. The van der Waals surface area contributed by atoms with Crippen molar-refractivity contribution >= 4 is 50.8 Å². The SMILES string of the molecule is NC(=O)C1CCN(C(=O)CSc2nnc(-c3sc4ncccc4c3N)n2C2CC2)CC1. The summed E-state index contributed by atoms with van der Waals surface area (Å²) in [6.45, 7) is 1.14. The zero-order valence-electron chi connectivity index (χ0n) is 16.9.